The summed E-state index contributed by atoms with van der Waals surface area (Å²) in [5.74, 6) is 0. The number of halogens is 3. The number of alkyl halides is 3. The molecule has 1 N–H and O–H groups in total. The maximum absolute atomic E-state index is 12.6. The fourth-order valence-electron chi connectivity index (χ4n) is 1.43. The van der Waals surface area contributed by atoms with Crippen LogP contribution >= 0.6 is 0 Å². The van der Waals surface area contributed by atoms with Gasteiger partial charge < -0.3 is 5.11 Å². The molecule has 0 unspecified atom stereocenters. The van der Waals surface area contributed by atoms with E-state index < -0.39 is 18.3 Å². The average Bonchev–Trinajstić information content (AvgIpc) is 2.15. The molecule has 0 radical (unpaired) electrons. The van der Waals surface area contributed by atoms with Crippen LogP contribution in [0.25, 0.3) is 0 Å². The molecule has 5 heteroatoms. The molecule has 0 aliphatic carbocycles. The maximum atomic E-state index is 12.6. The van der Waals surface area contributed by atoms with Crippen LogP contribution in [-0.2, 0) is 12.8 Å². The Morgan fingerprint density at radius 3 is 2.40 bits per heavy atom. The lowest BCUT2D eigenvalue weighted by molar-refractivity contribution is -0.139. The third-order valence-electron chi connectivity index (χ3n) is 2.08. The minimum atomic E-state index is -4.55. The molecule has 1 rings (SSSR count). The Morgan fingerprint density at radius 1 is 1.40 bits per heavy atom. The van der Waals surface area contributed by atoms with Crippen molar-refractivity contribution in [1.82, 2.24) is 0 Å². The van der Waals surface area contributed by atoms with Gasteiger partial charge in [-0.2, -0.15) is 18.4 Å². The molecule has 0 amide bonds. The van der Waals surface area contributed by atoms with Crippen molar-refractivity contribution in [3.63, 3.8) is 0 Å². The molecule has 0 saturated heterocycles. The Hall–Kier alpha value is -1.54. The van der Waals surface area contributed by atoms with E-state index >= 15 is 0 Å². The van der Waals surface area contributed by atoms with E-state index in [1.54, 1.807) is 6.07 Å². The molecule has 2 nitrogen and oxygen atoms in total. The molecule has 0 bridgehead atoms. The Morgan fingerprint density at radius 2 is 2.00 bits per heavy atom. The Bertz CT molecular complexity index is 418. The summed E-state index contributed by atoms with van der Waals surface area (Å²) in [5, 5.41) is 17.5. The van der Waals surface area contributed by atoms with Crippen molar-refractivity contribution in [2.75, 3.05) is 0 Å². The number of hydrogen-bond acceptors (Lipinski definition) is 2. The topological polar surface area (TPSA) is 44.0 Å². The third kappa shape index (κ3) is 2.10. The zero-order chi connectivity index (χ0) is 11.6. The van der Waals surface area contributed by atoms with Gasteiger partial charge in [0.25, 0.3) is 0 Å². The molecular weight excluding hydrogens is 207 g/mol. The number of nitriles is 1. The summed E-state index contributed by atoms with van der Waals surface area (Å²) in [7, 11) is 0. The summed E-state index contributed by atoms with van der Waals surface area (Å²) >= 11 is 0. The van der Waals surface area contributed by atoms with Gasteiger partial charge in [-0.25, -0.2) is 0 Å². The van der Waals surface area contributed by atoms with Gasteiger partial charge in [-0.1, -0.05) is 6.07 Å². The number of aliphatic hydroxyl groups excluding tert-OH is 1. The lowest BCUT2D eigenvalue weighted by atomic mass is 9.97. The number of aliphatic hydroxyl groups is 1. The molecule has 0 spiro atoms. The van der Waals surface area contributed by atoms with Crippen LogP contribution < -0.4 is 0 Å². The number of rotatable bonds is 1. The lowest BCUT2D eigenvalue weighted by Gasteiger charge is -2.15. The molecule has 1 aromatic rings. The van der Waals surface area contributed by atoms with Gasteiger partial charge in [0.1, 0.15) is 0 Å². The Balaban J connectivity index is 3.55. The Labute approximate surface area is 84.6 Å². The van der Waals surface area contributed by atoms with Crippen molar-refractivity contribution in [3.05, 3.63) is 34.4 Å². The highest BCUT2D eigenvalue weighted by Gasteiger charge is 2.35. The SMILES string of the molecule is Cc1ccc(C#N)c(CO)c1C(F)(F)F. The first-order valence-corrected chi connectivity index (χ1v) is 4.12. The van der Waals surface area contributed by atoms with E-state index in [4.69, 9.17) is 10.4 Å². The predicted molar refractivity (Wildman–Crippen MR) is 46.8 cm³/mol. The van der Waals surface area contributed by atoms with Crippen LogP contribution in [0.1, 0.15) is 22.3 Å². The molecule has 15 heavy (non-hydrogen) atoms. The zero-order valence-corrected chi connectivity index (χ0v) is 7.89. The number of hydrogen-bond donors (Lipinski definition) is 1. The second kappa shape index (κ2) is 3.91. The van der Waals surface area contributed by atoms with Gasteiger partial charge in [0.2, 0.25) is 0 Å². The van der Waals surface area contributed by atoms with Gasteiger partial charge in [-0.15, -0.1) is 0 Å². The normalized spacial score (nSPS) is 11.2. The van der Waals surface area contributed by atoms with Gasteiger partial charge in [0.05, 0.1) is 23.8 Å². The smallest absolute Gasteiger partial charge is 0.392 e. The quantitative estimate of drug-likeness (QED) is 0.781. The molecule has 0 aromatic heterocycles. The van der Waals surface area contributed by atoms with Gasteiger partial charge in [-0.3, -0.25) is 0 Å². The second-order valence-electron chi connectivity index (χ2n) is 3.05. The third-order valence-corrected chi connectivity index (χ3v) is 2.08. The molecule has 0 atom stereocenters. The summed E-state index contributed by atoms with van der Waals surface area (Å²) in [6.45, 7) is 0.503. The maximum Gasteiger partial charge on any atom is 0.417 e. The summed E-state index contributed by atoms with van der Waals surface area (Å²) in [5.41, 5.74) is -1.41. The van der Waals surface area contributed by atoms with E-state index in [0.717, 1.165) is 0 Å². The van der Waals surface area contributed by atoms with Crippen LogP contribution in [0.3, 0.4) is 0 Å². The molecule has 0 heterocycles. The lowest BCUT2D eigenvalue weighted by Crippen LogP contribution is -2.13. The number of benzene rings is 1. The first-order valence-electron chi connectivity index (χ1n) is 4.12. The highest BCUT2D eigenvalue weighted by molar-refractivity contribution is 5.47. The van der Waals surface area contributed by atoms with Gasteiger partial charge in [-0.05, 0) is 18.6 Å². The monoisotopic (exact) mass is 215 g/mol. The molecule has 0 aliphatic heterocycles. The van der Waals surface area contributed by atoms with E-state index in [0.29, 0.717) is 0 Å². The average molecular weight is 215 g/mol. The molecule has 1 aromatic carbocycles. The van der Waals surface area contributed by atoms with Crippen LogP contribution in [0.2, 0.25) is 0 Å². The first-order chi connectivity index (χ1) is 6.91. The summed E-state index contributed by atoms with van der Waals surface area (Å²) < 4.78 is 37.8. The van der Waals surface area contributed by atoms with E-state index in [1.165, 1.54) is 19.1 Å². The summed E-state index contributed by atoms with van der Waals surface area (Å²) in [6, 6.07) is 4.12. The second-order valence-corrected chi connectivity index (χ2v) is 3.05. The van der Waals surface area contributed by atoms with Crippen LogP contribution in [0, 0.1) is 18.3 Å². The van der Waals surface area contributed by atoms with Gasteiger partial charge >= 0.3 is 6.18 Å². The van der Waals surface area contributed by atoms with Crippen molar-refractivity contribution in [1.29, 1.82) is 5.26 Å². The summed E-state index contributed by atoms with van der Waals surface area (Å²) in [6.07, 6.45) is -4.55. The number of nitrogens with zero attached hydrogens (tertiary/aromatic N) is 1. The fraction of sp³-hybridized carbons (Fsp3) is 0.300. The van der Waals surface area contributed by atoms with E-state index in [2.05, 4.69) is 0 Å². The first kappa shape index (κ1) is 11.5. The van der Waals surface area contributed by atoms with Crippen LogP contribution in [0.15, 0.2) is 12.1 Å². The van der Waals surface area contributed by atoms with Crippen LogP contribution in [-0.4, -0.2) is 5.11 Å². The molecule has 0 saturated carbocycles. The standard InChI is InChI=1S/C10H8F3NO/c1-6-2-3-7(4-14)8(5-15)9(6)10(11,12)13/h2-3,15H,5H2,1H3. The highest BCUT2D eigenvalue weighted by atomic mass is 19.4. The zero-order valence-electron chi connectivity index (χ0n) is 7.89. The number of aryl methyl sites for hydroxylation is 1. The highest BCUT2D eigenvalue weighted by Crippen LogP contribution is 2.35. The Kier molecular flexibility index (Phi) is 3.01. The minimum Gasteiger partial charge on any atom is -0.392 e. The van der Waals surface area contributed by atoms with Crippen molar-refractivity contribution in [3.8, 4) is 6.07 Å². The van der Waals surface area contributed by atoms with E-state index in [-0.39, 0.29) is 16.7 Å². The molecular formula is C10H8F3NO. The van der Waals surface area contributed by atoms with Crippen molar-refractivity contribution in [2.24, 2.45) is 0 Å². The summed E-state index contributed by atoms with van der Waals surface area (Å²) in [4.78, 5) is 0. The minimum absolute atomic E-state index is 0.00514. The van der Waals surface area contributed by atoms with E-state index in [9.17, 15) is 13.2 Å². The van der Waals surface area contributed by atoms with Gasteiger partial charge in [0, 0.05) is 5.56 Å². The molecule has 80 valence electrons. The van der Waals surface area contributed by atoms with Crippen LogP contribution in [0.4, 0.5) is 13.2 Å². The van der Waals surface area contributed by atoms with Crippen molar-refractivity contribution in [2.45, 2.75) is 19.7 Å². The molecule has 0 fully saturated rings. The fourth-order valence-corrected chi connectivity index (χ4v) is 1.43. The van der Waals surface area contributed by atoms with Crippen molar-refractivity contribution < 1.29 is 18.3 Å². The van der Waals surface area contributed by atoms with Crippen molar-refractivity contribution >= 4 is 0 Å². The predicted octanol–water partition coefficient (Wildman–Crippen LogP) is 2.38. The van der Waals surface area contributed by atoms with Crippen LogP contribution in [0.5, 0.6) is 0 Å². The van der Waals surface area contributed by atoms with E-state index in [1.807, 2.05) is 0 Å². The largest absolute Gasteiger partial charge is 0.417 e. The van der Waals surface area contributed by atoms with Gasteiger partial charge in [0.15, 0.2) is 0 Å². The molecule has 0 aliphatic rings.